The molecule has 1 nitrogen and oxygen atoms in total. The van der Waals surface area contributed by atoms with Gasteiger partial charge in [-0.25, -0.2) is 0 Å². The van der Waals surface area contributed by atoms with E-state index in [1.54, 1.807) is 0 Å². The third-order valence-electron chi connectivity index (χ3n) is 4.09. The number of ether oxygens (including phenoxy) is 1. The minimum Gasteiger partial charge on any atom is -0.493 e. The third kappa shape index (κ3) is 2.43. The highest BCUT2D eigenvalue weighted by Crippen LogP contribution is 2.45. The second kappa shape index (κ2) is 5.49. The van der Waals surface area contributed by atoms with E-state index in [1.807, 2.05) is 12.1 Å². The normalized spacial score (nSPS) is 19.1. The number of benzene rings is 2. The maximum Gasteiger partial charge on any atom is 0.122 e. The highest BCUT2D eigenvalue weighted by molar-refractivity contribution is 6.21. The molecular formula is C18H19ClO. The van der Waals surface area contributed by atoms with Gasteiger partial charge in [0.25, 0.3) is 0 Å². The molecule has 0 amide bonds. The summed E-state index contributed by atoms with van der Waals surface area (Å²) >= 11 is 6.83. The van der Waals surface area contributed by atoms with Crippen LogP contribution in [-0.4, -0.2) is 6.61 Å². The van der Waals surface area contributed by atoms with Gasteiger partial charge in [-0.2, -0.15) is 0 Å². The summed E-state index contributed by atoms with van der Waals surface area (Å²) in [7, 11) is 0. The van der Waals surface area contributed by atoms with Gasteiger partial charge in [0, 0.05) is 5.92 Å². The lowest BCUT2D eigenvalue weighted by Gasteiger charge is -2.30. The van der Waals surface area contributed by atoms with E-state index >= 15 is 0 Å². The Morgan fingerprint density at radius 3 is 2.80 bits per heavy atom. The van der Waals surface area contributed by atoms with E-state index in [0.29, 0.717) is 5.92 Å². The van der Waals surface area contributed by atoms with Crippen LogP contribution >= 0.6 is 11.6 Å². The van der Waals surface area contributed by atoms with Gasteiger partial charge in [0.05, 0.1) is 12.0 Å². The number of hydrogen-bond acceptors (Lipinski definition) is 1. The maximum atomic E-state index is 6.83. The molecule has 0 aromatic heterocycles. The first-order chi connectivity index (χ1) is 9.66. The Morgan fingerprint density at radius 2 is 1.95 bits per heavy atom. The topological polar surface area (TPSA) is 9.23 Å². The molecule has 1 heterocycles. The van der Waals surface area contributed by atoms with Crippen LogP contribution in [0.5, 0.6) is 5.75 Å². The van der Waals surface area contributed by atoms with E-state index in [4.69, 9.17) is 16.3 Å². The van der Waals surface area contributed by atoms with Crippen molar-refractivity contribution in [1.29, 1.82) is 0 Å². The van der Waals surface area contributed by atoms with Gasteiger partial charge < -0.3 is 4.74 Å². The minimum absolute atomic E-state index is 0.0000463. The molecule has 2 atom stereocenters. The number of para-hydroxylation sites is 1. The van der Waals surface area contributed by atoms with Crippen molar-refractivity contribution in [2.45, 2.75) is 31.6 Å². The standard InChI is InChI=1S/C18H19ClO/c1-12-7-8-13(2)16(11-12)18(19)15-9-10-20-17-6-4-3-5-14(15)17/h3-8,11,15,18H,9-10H2,1-2H3. The van der Waals surface area contributed by atoms with Gasteiger partial charge >= 0.3 is 0 Å². The number of halogens is 1. The first-order valence-electron chi connectivity index (χ1n) is 7.10. The average molecular weight is 287 g/mol. The third-order valence-corrected chi connectivity index (χ3v) is 4.63. The molecule has 0 bridgehead atoms. The molecule has 0 fully saturated rings. The Hall–Kier alpha value is -1.47. The Kier molecular flexibility index (Phi) is 3.71. The fourth-order valence-corrected chi connectivity index (χ4v) is 3.44. The summed E-state index contributed by atoms with van der Waals surface area (Å²) < 4.78 is 5.74. The van der Waals surface area contributed by atoms with Crippen LogP contribution in [0, 0.1) is 13.8 Å². The molecule has 1 aliphatic heterocycles. The molecule has 2 aromatic rings. The van der Waals surface area contributed by atoms with Crippen LogP contribution in [0.25, 0.3) is 0 Å². The number of fused-ring (bicyclic) bond motifs is 1. The van der Waals surface area contributed by atoms with E-state index in [0.717, 1.165) is 18.8 Å². The maximum absolute atomic E-state index is 6.83. The van der Waals surface area contributed by atoms with Gasteiger partial charge in [0.1, 0.15) is 5.75 Å². The van der Waals surface area contributed by atoms with E-state index in [2.05, 4.69) is 44.2 Å². The summed E-state index contributed by atoms with van der Waals surface area (Å²) in [4.78, 5) is 0. The predicted molar refractivity (Wildman–Crippen MR) is 83.8 cm³/mol. The second-order valence-electron chi connectivity index (χ2n) is 5.54. The van der Waals surface area contributed by atoms with Crippen LogP contribution in [0.1, 0.15) is 40.0 Å². The summed E-state index contributed by atoms with van der Waals surface area (Å²) in [6.07, 6.45) is 0.971. The summed E-state index contributed by atoms with van der Waals surface area (Å²) in [6, 6.07) is 14.8. The molecule has 0 radical (unpaired) electrons. The molecule has 20 heavy (non-hydrogen) atoms. The van der Waals surface area contributed by atoms with Crippen LogP contribution < -0.4 is 4.74 Å². The first-order valence-corrected chi connectivity index (χ1v) is 7.53. The molecule has 2 aromatic carbocycles. The van der Waals surface area contributed by atoms with Crippen molar-refractivity contribution in [2.75, 3.05) is 6.61 Å². The lowest BCUT2D eigenvalue weighted by atomic mass is 9.85. The van der Waals surface area contributed by atoms with Gasteiger partial charge in [-0.1, -0.05) is 42.0 Å². The highest BCUT2D eigenvalue weighted by Gasteiger charge is 2.29. The van der Waals surface area contributed by atoms with Crippen molar-refractivity contribution in [3.8, 4) is 5.75 Å². The number of rotatable bonds is 2. The predicted octanol–water partition coefficient (Wildman–Crippen LogP) is 5.15. The molecule has 0 saturated carbocycles. The molecule has 0 saturated heterocycles. The largest absolute Gasteiger partial charge is 0.493 e. The quantitative estimate of drug-likeness (QED) is 0.694. The Bertz CT molecular complexity index is 621. The number of hydrogen-bond donors (Lipinski definition) is 0. The van der Waals surface area contributed by atoms with Crippen LogP contribution in [0.4, 0.5) is 0 Å². The summed E-state index contributed by atoms with van der Waals surface area (Å²) in [5, 5.41) is -0.0000463. The average Bonchev–Trinajstić information content (AvgIpc) is 2.48. The monoisotopic (exact) mass is 286 g/mol. The van der Waals surface area contributed by atoms with E-state index in [1.165, 1.54) is 22.3 Å². The zero-order chi connectivity index (χ0) is 14.1. The highest BCUT2D eigenvalue weighted by atomic mass is 35.5. The fraction of sp³-hybridized carbons (Fsp3) is 0.333. The Labute approximate surface area is 125 Å². The molecule has 2 heteroatoms. The van der Waals surface area contributed by atoms with Gasteiger partial charge in [0.2, 0.25) is 0 Å². The Balaban J connectivity index is 1.99. The van der Waals surface area contributed by atoms with Crippen LogP contribution in [0.3, 0.4) is 0 Å². The van der Waals surface area contributed by atoms with Crippen molar-refractivity contribution >= 4 is 11.6 Å². The number of alkyl halides is 1. The number of aryl methyl sites for hydroxylation is 2. The molecule has 3 rings (SSSR count). The zero-order valence-electron chi connectivity index (χ0n) is 11.9. The zero-order valence-corrected chi connectivity index (χ0v) is 12.7. The smallest absolute Gasteiger partial charge is 0.122 e. The lowest BCUT2D eigenvalue weighted by Crippen LogP contribution is -2.18. The second-order valence-corrected chi connectivity index (χ2v) is 6.01. The van der Waals surface area contributed by atoms with Crippen LogP contribution in [-0.2, 0) is 0 Å². The van der Waals surface area contributed by atoms with Crippen molar-refractivity contribution in [3.63, 3.8) is 0 Å². The van der Waals surface area contributed by atoms with Gasteiger partial charge in [-0.15, -0.1) is 11.6 Å². The van der Waals surface area contributed by atoms with Gasteiger partial charge in [-0.05, 0) is 43.0 Å². The molecule has 0 aliphatic carbocycles. The molecule has 2 unspecified atom stereocenters. The molecule has 0 spiro atoms. The van der Waals surface area contributed by atoms with E-state index < -0.39 is 0 Å². The van der Waals surface area contributed by atoms with Gasteiger partial charge in [0.15, 0.2) is 0 Å². The SMILES string of the molecule is Cc1ccc(C)c(C(Cl)C2CCOc3ccccc32)c1. The van der Waals surface area contributed by atoms with Crippen molar-refractivity contribution < 1.29 is 4.74 Å². The lowest BCUT2D eigenvalue weighted by molar-refractivity contribution is 0.265. The molecule has 0 N–H and O–H groups in total. The Morgan fingerprint density at radius 1 is 1.15 bits per heavy atom. The van der Waals surface area contributed by atoms with Crippen molar-refractivity contribution in [3.05, 3.63) is 64.7 Å². The van der Waals surface area contributed by atoms with Gasteiger partial charge in [-0.3, -0.25) is 0 Å². The van der Waals surface area contributed by atoms with Crippen molar-refractivity contribution in [2.24, 2.45) is 0 Å². The van der Waals surface area contributed by atoms with Crippen LogP contribution in [0.15, 0.2) is 42.5 Å². The molecule has 1 aliphatic rings. The minimum atomic E-state index is -0.0000463. The van der Waals surface area contributed by atoms with Crippen molar-refractivity contribution in [1.82, 2.24) is 0 Å². The molecule has 104 valence electrons. The first kappa shape index (κ1) is 13.5. The summed E-state index contributed by atoms with van der Waals surface area (Å²) in [5.41, 5.74) is 5.00. The summed E-state index contributed by atoms with van der Waals surface area (Å²) in [6.45, 7) is 5.00. The van der Waals surface area contributed by atoms with E-state index in [-0.39, 0.29) is 5.38 Å². The fourth-order valence-electron chi connectivity index (χ4n) is 2.95. The summed E-state index contributed by atoms with van der Waals surface area (Å²) in [5.74, 6) is 1.31. The molecular weight excluding hydrogens is 268 g/mol. The van der Waals surface area contributed by atoms with Crippen LogP contribution in [0.2, 0.25) is 0 Å². The van der Waals surface area contributed by atoms with E-state index in [9.17, 15) is 0 Å².